The van der Waals surface area contributed by atoms with Crippen molar-refractivity contribution in [3.63, 3.8) is 0 Å². The molecule has 3 heterocycles. The molecule has 1 amide bonds. The molecule has 4 rings (SSSR count). The van der Waals surface area contributed by atoms with E-state index >= 15 is 0 Å². The molecular weight excluding hydrogens is 386 g/mol. The van der Waals surface area contributed by atoms with E-state index in [1.165, 1.54) is 25.0 Å². The van der Waals surface area contributed by atoms with Crippen LogP contribution in [0, 0.1) is 16.0 Å². The lowest BCUT2D eigenvalue weighted by molar-refractivity contribution is -0.384. The van der Waals surface area contributed by atoms with Crippen molar-refractivity contribution < 1.29 is 14.1 Å². The molecule has 9 heteroatoms. The topological polar surface area (TPSA) is 106 Å². The van der Waals surface area contributed by atoms with E-state index in [4.69, 9.17) is 4.42 Å². The molecule has 0 aliphatic carbocycles. The number of amides is 1. The van der Waals surface area contributed by atoms with Gasteiger partial charge in [-0.3, -0.25) is 19.8 Å². The zero-order valence-corrected chi connectivity index (χ0v) is 17.0. The first-order chi connectivity index (χ1) is 14.6. The summed E-state index contributed by atoms with van der Waals surface area (Å²) in [7, 11) is 0. The van der Waals surface area contributed by atoms with Gasteiger partial charge in [-0.15, -0.1) is 10.2 Å². The van der Waals surface area contributed by atoms with E-state index in [0.717, 1.165) is 51.9 Å². The number of hydrogen-bond acceptors (Lipinski definition) is 7. The lowest BCUT2D eigenvalue weighted by atomic mass is 9.95. The number of nitrogens with zero attached hydrogens (tertiary/aromatic N) is 5. The number of likely N-dealkylation sites (tertiary alicyclic amines) is 2. The average Bonchev–Trinajstić information content (AvgIpc) is 3.06. The number of piperidine rings is 1. The normalized spacial score (nSPS) is 18.9. The van der Waals surface area contributed by atoms with Crippen LogP contribution in [-0.2, 0) is 11.3 Å². The number of hydrogen-bond donors (Lipinski definition) is 0. The molecule has 30 heavy (non-hydrogen) atoms. The summed E-state index contributed by atoms with van der Waals surface area (Å²) in [4.78, 5) is 27.5. The van der Waals surface area contributed by atoms with Crippen molar-refractivity contribution in [1.82, 2.24) is 20.0 Å². The number of nitro groups is 1. The third-order valence-corrected chi connectivity index (χ3v) is 6.01. The largest absolute Gasteiger partial charge is 0.419 e. The summed E-state index contributed by atoms with van der Waals surface area (Å²) in [6, 6.07) is 6.06. The van der Waals surface area contributed by atoms with Gasteiger partial charge >= 0.3 is 0 Å². The van der Waals surface area contributed by atoms with Crippen molar-refractivity contribution in [2.24, 2.45) is 5.92 Å². The maximum Gasteiger partial charge on any atom is 0.269 e. The Balaban J connectivity index is 1.29. The molecular formula is C21H27N5O4. The molecule has 0 saturated carbocycles. The molecule has 9 nitrogen and oxygen atoms in total. The first-order valence-electron chi connectivity index (χ1n) is 10.7. The van der Waals surface area contributed by atoms with Crippen molar-refractivity contribution in [3.8, 4) is 11.5 Å². The Morgan fingerprint density at radius 2 is 1.70 bits per heavy atom. The maximum absolute atomic E-state index is 12.8. The molecule has 2 aliphatic rings. The van der Waals surface area contributed by atoms with Gasteiger partial charge in [0.05, 0.1) is 11.5 Å². The summed E-state index contributed by atoms with van der Waals surface area (Å²) in [5.41, 5.74) is 0.678. The molecule has 1 aromatic carbocycles. The molecule has 2 aromatic rings. The van der Waals surface area contributed by atoms with Crippen molar-refractivity contribution in [1.29, 1.82) is 0 Å². The van der Waals surface area contributed by atoms with Crippen LogP contribution >= 0.6 is 0 Å². The third-order valence-electron chi connectivity index (χ3n) is 6.01. The van der Waals surface area contributed by atoms with Gasteiger partial charge in [0.15, 0.2) is 0 Å². The SMILES string of the molecule is O=C(C1CCN(Cc2nnc(-c3ccc([N+](=O)[O-])cc3)o2)CC1)N1CCCCCC1. The number of carbonyl (C=O) groups excluding carboxylic acids is 1. The standard InChI is InChI=1S/C21H27N5O4/c27-21(25-11-3-1-2-4-12-25)17-9-13-24(14-10-17)15-19-22-23-20(30-19)16-5-7-18(8-6-16)26(28)29/h5-8,17H,1-4,9-15H2. The number of rotatable bonds is 5. The van der Waals surface area contributed by atoms with E-state index in [9.17, 15) is 14.9 Å². The highest BCUT2D eigenvalue weighted by Crippen LogP contribution is 2.24. The minimum absolute atomic E-state index is 0.0242. The van der Waals surface area contributed by atoms with Crippen LogP contribution in [0.3, 0.4) is 0 Å². The van der Waals surface area contributed by atoms with E-state index < -0.39 is 4.92 Å². The Morgan fingerprint density at radius 3 is 2.33 bits per heavy atom. The van der Waals surface area contributed by atoms with Gasteiger partial charge in [0.25, 0.3) is 5.69 Å². The van der Waals surface area contributed by atoms with E-state index in [1.54, 1.807) is 12.1 Å². The first-order valence-corrected chi connectivity index (χ1v) is 10.7. The molecule has 160 valence electrons. The van der Waals surface area contributed by atoms with Crippen molar-refractivity contribution in [2.45, 2.75) is 45.1 Å². The zero-order chi connectivity index (χ0) is 20.9. The fourth-order valence-electron chi connectivity index (χ4n) is 4.24. The predicted octanol–water partition coefficient (Wildman–Crippen LogP) is 3.26. The van der Waals surface area contributed by atoms with Crippen molar-refractivity contribution >= 4 is 11.6 Å². The number of nitro benzene ring substituents is 1. The quantitative estimate of drug-likeness (QED) is 0.547. The molecule has 2 saturated heterocycles. The van der Waals surface area contributed by atoms with Gasteiger partial charge in [-0.05, 0) is 50.9 Å². The Bertz CT molecular complexity index is 866. The molecule has 0 N–H and O–H groups in total. The minimum Gasteiger partial charge on any atom is -0.419 e. The van der Waals surface area contributed by atoms with Gasteiger partial charge in [0, 0.05) is 36.7 Å². The Hall–Kier alpha value is -2.81. The van der Waals surface area contributed by atoms with Gasteiger partial charge in [-0.1, -0.05) is 12.8 Å². The summed E-state index contributed by atoms with van der Waals surface area (Å²) in [6.07, 6.45) is 6.43. The smallest absolute Gasteiger partial charge is 0.269 e. The second-order valence-electron chi connectivity index (χ2n) is 8.09. The second kappa shape index (κ2) is 9.34. The molecule has 0 unspecified atom stereocenters. The second-order valence-corrected chi connectivity index (χ2v) is 8.09. The van der Waals surface area contributed by atoms with Gasteiger partial charge < -0.3 is 9.32 Å². The highest BCUT2D eigenvalue weighted by atomic mass is 16.6. The van der Waals surface area contributed by atoms with Crippen LogP contribution in [0.1, 0.15) is 44.4 Å². The number of non-ortho nitro benzene ring substituents is 1. The summed E-state index contributed by atoms with van der Waals surface area (Å²) in [5, 5.41) is 18.9. The van der Waals surface area contributed by atoms with Crippen LogP contribution in [-0.4, -0.2) is 57.0 Å². The molecule has 0 spiro atoms. The highest BCUT2D eigenvalue weighted by Gasteiger charge is 2.29. The Morgan fingerprint density at radius 1 is 1.03 bits per heavy atom. The van der Waals surface area contributed by atoms with Gasteiger partial charge in [-0.2, -0.15) is 0 Å². The van der Waals surface area contributed by atoms with Crippen LogP contribution in [0.15, 0.2) is 28.7 Å². The van der Waals surface area contributed by atoms with Crippen LogP contribution in [0.2, 0.25) is 0 Å². The average molecular weight is 413 g/mol. The molecule has 2 aliphatic heterocycles. The van der Waals surface area contributed by atoms with Crippen LogP contribution in [0.25, 0.3) is 11.5 Å². The summed E-state index contributed by atoms with van der Waals surface area (Å²) in [6.45, 7) is 4.03. The zero-order valence-electron chi connectivity index (χ0n) is 17.0. The molecule has 0 radical (unpaired) electrons. The maximum atomic E-state index is 12.8. The molecule has 1 aromatic heterocycles. The molecule has 0 bridgehead atoms. The minimum atomic E-state index is -0.440. The van der Waals surface area contributed by atoms with Crippen molar-refractivity contribution in [2.75, 3.05) is 26.2 Å². The predicted molar refractivity (Wildman–Crippen MR) is 109 cm³/mol. The monoisotopic (exact) mass is 413 g/mol. The van der Waals surface area contributed by atoms with Crippen LogP contribution in [0.4, 0.5) is 5.69 Å². The lowest BCUT2D eigenvalue weighted by Crippen LogP contribution is -2.42. The van der Waals surface area contributed by atoms with Crippen molar-refractivity contribution in [3.05, 3.63) is 40.3 Å². The van der Waals surface area contributed by atoms with Gasteiger partial charge in [0.1, 0.15) is 0 Å². The molecule has 2 fully saturated rings. The highest BCUT2D eigenvalue weighted by molar-refractivity contribution is 5.79. The summed E-state index contributed by atoms with van der Waals surface area (Å²) < 4.78 is 5.75. The van der Waals surface area contributed by atoms with E-state index in [2.05, 4.69) is 20.0 Å². The lowest BCUT2D eigenvalue weighted by Gasteiger charge is -2.33. The Labute approximate surface area is 175 Å². The summed E-state index contributed by atoms with van der Waals surface area (Å²) >= 11 is 0. The Kier molecular flexibility index (Phi) is 6.37. The van der Waals surface area contributed by atoms with Crippen LogP contribution in [0.5, 0.6) is 0 Å². The van der Waals surface area contributed by atoms with Gasteiger partial charge in [-0.25, -0.2) is 0 Å². The van der Waals surface area contributed by atoms with Crippen LogP contribution < -0.4 is 0 Å². The van der Waals surface area contributed by atoms with Gasteiger partial charge in [0.2, 0.25) is 17.7 Å². The number of carbonyl (C=O) groups is 1. The molecule has 0 atom stereocenters. The van der Waals surface area contributed by atoms with E-state index in [-0.39, 0.29) is 11.6 Å². The van der Waals surface area contributed by atoms with E-state index in [1.807, 2.05) is 0 Å². The fourth-order valence-corrected chi connectivity index (χ4v) is 4.24. The number of aromatic nitrogens is 2. The number of benzene rings is 1. The summed E-state index contributed by atoms with van der Waals surface area (Å²) in [5.74, 6) is 1.32. The van der Waals surface area contributed by atoms with E-state index in [0.29, 0.717) is 29.8 Å². The fraction of sp³-hybridized carbons (Fsp3) is 0.571. The first kappa shape index (κ1) is 20.5. The third kappa shape index (κ3) is 4.84.